The van der Waals surface area contributed by atoms with Crippen molar-refractivity contribution < 1.29 is 14.4 Å². The second-order valence-electron chi connectivity index (χ2n) is 2.03. The Morgan fingerprint density at radius 2 is 2.08 bits per heavy atom. The second-order valence-corrected chi connectivity index (χ2v) is 2.03. The summed E-state index contributed by atoms with van der Waals surface area (Å²) in [5.41, 5.74) is 1.43. The van der Waals surface area contributed by atoms with Gasteiger partial charge < -0.3 is 4.57 Å². The molecule has 0 saturated heterocycles. The molecule has 64 valence electrons. The highest BCUT2D eigenvalue weighted by Gasteiger charge is 1.99. The molecule has 12 heavy (non-hydrogen) atoms. The van der Waals surface area contributed by atoms with Gasteiger partial charge in [-0.2, -0.15) is 9.59 Å². The quantitative estimate of drug-likeness (QED) is 0.551. The molecule has 0 unspecified atom stereocenters. The zero-order valence-electron chi connectivity index (χ0n) is 6.77. The Labute approximate surface area is 69.0 Å². The summed E-state index contributed by atoms with van der Waals surface area (Å²) in [6, 6.07) is 0. The Hall–Kier alpha value is -1.74. The van der Waals surface area contributed by atoms with Crippen LogP contribution in [-0.4, -0.2) is 22.0 Å². The van der Waals surface area contributed by atoms with Gasteiger partial charge in [0.05, 0.1) is 6.33 Å². The zero-order chi connectivity index (χ0) is 9.56. The number of hydrogen-bond acceptors (Lipinski definition) is 4. The van der Waals surface area contributed by atoms with E-state index in [0.29, 0.717) is 5.69 Å². The first-order chi connectivity index (χ1) is 5.67. The maximum absolute atomic E-state index is 10.2. The van der Waals surface area contributed by atoms with E-state index in [1.807, 2.05) is 18.5 Å². The molecular formula is C7H8N2O3. The van der Waals surface area contributed by atoms with Crippen molar-refractivity contribution in [2.75, 3.05) is 0 Å². The van der Waals surface area contributed by atoms with Crippen molar-refractivity contribution in [3.8, 4) is 0 Å². The molecule has 1 heterocycles. The smallest absolute Gasteiger partial charge is 0.337 e. The van der Waals surface area contributed by atoms with Crippen LogP contribution in [-0.2, 0) is 16.6 Å². The van der Waals surface area contributed by atoms with Crippen molar-refractivity contribution in [3.05, 3.63) is 17.7 Å². The fraction of sp³-hybridized carbons (Fsp3) is 0.286. The number of rotatable bonds is 1. The third-order valence-electron chi connectivity index (χ3n) is 1.38. The van der Waals surface area contributed by atoms with Gasteiger partial charge in [-0.05, 0) is 6.92 Å². The van der Waals surface area contributed by atoms with Gasteiger partial charge in [0.25, 0.3) is 0 Å². The Morgan fingerprint density at radius 1 is 1.58 bits per heavy atom. The standard InChI is InChI=1S/C6H8N2O.CO2/c1-5-6(3-9)7-4-8(5)2;2-1-3/h3-4H,1-2H3;. The van der Waals surface area contributed by atoms with Gasteiger partial charge in [-0.3, -0.25) is 4.79 Å². The first-order valence-electron chi connectivity index (χ1n) is 3.09. The average Bonchev–Trinajstić information content (AvgIpc) is 2.35. The molecule has 1 rings (SSSR count). The monoisotopic (exact) mass is 168 g/mol. The highest BCUT2D eigenvalue weighted by molar-refractivity contribution is 5.73. The molecule has 0 N–H and O–H groups in total. The number of aldehydes is 1. The molecule has 0 bridgehead atoms. The lowest BCUT2D eigenvalue weighted by molar-refractivity contribution is -0.191. The van der Waals surface area contributed by atoms with Gasteiger partial charge in [0.2, 0.25) is 0 Å². The van der Waals surface area contributed by atoms with Crippen molar-refractivity contribution in [2.45, 2.75) is 6.92 Å². The summed E-state index contributed by atoms with van der Waals surface area (Å²) in [5.74, 6) is 0. The number of carbonyl (C=O) groups is 1. The average molecular weight is 168 g/mol. The van der Waals surface area contributed by atoms with Crippen molar-refractivity contribution >= 4 is 12.4 Å². The highest BCUT2D eigenvalue weighted by atomic mass is 16.2. The third kappa shape index (κ3) is 2.48. The van der Waals surface area contributed by atoms with E-state index in [9.17, 15) is 4.79 Å². The first kappa shape index (κ1) is 10.3. The predicted molar refractivity (Wildman–Crippen MR) is 38.3 cm³/mol. The number of carbonyl (C=O) groups excluding carboxylic acids is 3. The summed E-state index contributed by atoms with van der Waals surface area (Å²) in [7, 11) is 1.86. The van der Waals surface area contributed by atoms with Crippen LogP contribution in [0.15, 0.2) is 6.33 Å². The van der Waals surface area contributed by atoms with Crippen LogP contribution in [0, 0.1) is 6.92 Å². The molecule has 5 heteroatoms. The molecule has 0 aliphatic heterocycles. The lowest BCUT2D eigenvalue weighted by atomic mass is 10.4. The lowest BCUT2D eigenvalue weighted by Crippen LogP contribution is -1.89. The minimum Gasteiger partial charge on any atom is -0.337 e. The SMILES string of the molecule is Cc1c(C=O)ncn1C.O=C=O. The Kier molecular flexibility index (Phi) is 4.26. The van der Waals surface area contributed by atoms with Gasteiger partial charge in [0.1, 0.15) is 5.69 Å². The molecule has 0 aromatic carbocycles. The van der Waals surface area contributed by atoms with Crippen LogP contribution in [0.1, 0.15) is 16.2 Å². The molecule has 1 aromatic heterocycles. The number of imidazole rings is 1. The van der Waals surface area contributed by atoms with E-state index < -0.39 is 0 Å². The Bertz CT molecular complexity index is 298. The van der Waals surface area contributed by atoms with Crippen LogP contribution in [0.2, 0.25) is 0 Å². The molecule has 0 radical (unpaired) electrons. The summed E-state index contributed by atoms with van der Waals surface area (Å²) >= 11 is 0. The maximum atomic E-state index is 10.2. The molecule has 0 amide bonds. The number of hydrogen-bond donors (Lipinski definition) is 0. The van der Waals surface area contributed by atoms with E-state index >= 15 is 0 Å². The molecular weight excluding hydrogens is 160 g/mol. The second kappa shape index (κ2) is 4.98. The summed E-state index contributed by atoms with van der Waals surface area (Å²) in [6.45, 7) is 1.86. The van der Waals surface area contributed by atoms with Crippen LogP contribution >= 0.6 is 0 Å². The van der Waals surface area contributed by atoms with E-state index in [0.717, 1.165) is 12.0 Å². The van der Waals surface area contributed by atoms with Crippen LogP contribution in [0.5, 0.6) is 0 Å². The van der Waals surface area contributed by atoms with E-state index in [4.69, 9.17) is 9.59 Å². The summed E-state index contributed by atoms with van der Waals surface area (Å²) < 4.78 is 1.81. The van der Waals surface area contributed by atoms with Crippen molar-refractivity contribution in [1.82, 2.24) is 9.55 Å². The fourth-order valence-corrected chi connectivity index (χ4v) is 0.625. The van der Waals surface area contributed by atoms with Crippen molar-refractivity contribution in [3.63, 3.8) is 0 Å². The normalized spacial score (nSPS) is 7.83. The van der Waals surface area contributed by atoms with Crippen LogP contribution in [0.25, 0.3) is 0 Å². The molecule has 5 nitrogen and oxygen atoms in total. The predicted octanol–water partition coefficient (Wildman–Crippen LogP) is -0.0425. The minimum atomic E-state index is 0.250. The lowest BCUT2D eigenvalue weighted by Gasteiger charge is -1.90. The molecule has 1 aromatic rings. The molecule has 0 aliphatic carbocycles. The van der Waals surface area contributed by atoms with Gasteiger partial charge in [-0.25, -0.2) is 4.98 Å². The van der Waals surface area contributed by atoms with Crippen LogP contribution in [0.3, 0.4) is 0 Å². The zero-order valence-corrected chi connectivity index (χ0v) is 6.77. The number of aromatic nitrogens is 2. The minimum absolute atomic E-state index is 0.250. The van der Waals surface area contributed by atoms with E-state index in [2.05, 4.69) is 4.98 Å². The first-order valence-corrected chi connectivity index (χ1v) is 3.09. The molecule has 0 saturated carbocycles. The van der Waals surface area contributed by atoms with Crippen LogP contribution < -0.4 is 0 Å². The van der Waals surface area contributed by atoms with E-state index in [1.54, 1.807) is 6.33 Å². The van der Waals surface area contributed by atoms with Gasteiger partial charge in [0, 0.05) is 12.7 Å². The molecule has 0 atom stereocenters. The molecule has 0 aliphatic rings. The third-order valence-corrected chi connectivity index (χ3v) is 1.38. The highest BCUT2D eigenvalue weighted by Crippen LogP contribution is 1.98. The summed E-state index contributed by atoms with van der Waals surface area (Å²) in [5, 5.41) is 0. The van der Waals surface area contributed by atoms with Gasteiger partial charge in [-0.1, -0.05) is 0 Å². The van der Waals surface area contributed by atoms with Gasteiger partial charge in [0.15, 0.2) is 6.29 Å². The Balaban J connectivity index is 0.000000354. The van der Waals surface area contributed by atoms with Gasteiger partial charge >= 0.3 is 6.15 Å². The fourth-order valence-electron chi connectivity index (χ4n) is 0.625. The Morgan fingerprint density at radius 3 is 2.25 bits per heavy atom. The largest absolute Gasteiger partial charge is 0.373 e. The number of nitrogens with zero attached hydrogens (tertiary/aromatic N) is 2. The maximum Gasteiger partial charge on any atom is 0.373 e. The van der Waals surface area contributed by atoms with Crippen molar-refractivity contribution in [2.24, 2.45) is 7.05 Å². The van der Waals surface area contributed by atoms with Crippen molar-refractivity contribution in [1.29, 1.82) is 0 Å². The number of aryl methyl sites for hydroxylation is 1. The molecule has 0 fully saturated rings. The molecule has 0 spiro atoms. The topological polar surface area (TPSA) is 69.0 Å². The van der Waals surface area contributed by atoms with E-state index in [-0.39, 0.29) is 6.15 Å². The van der Waals surface area contributed by atoms with Gasteiger partial charge in [-0.15, -0.1) is 0 Å². The van der Waals surface area contributed by atoms with Crippen LogP contribution in [0.4, 0.5) is 0 Å². The summed E-state index contributed by atoms with van der Waals surface area (Å²) in [6.07, 6.45) is 2.63. The summed E-state index contributed by atoms with van der Waals surface area (Å²) in [4.78, 5) is 30.2. The van der Waals surface area contributed by atoms with E-state index in [1.165, 1.54) is 0 Å².